The third kappa shape index (κ3) is 5.75. The zero-order valence-corrected chi connectivity index (χ0v) is 17.3. The van der Waals surface area contributed by atoms with E-state index in [9.17, 15) is 4.79 Å². The number of hydrogen-bond donors (Lipinski definition) is 1. The Morgan fingerprint density at radius 1 is 0.931 bits per heavy atom. The summed E-state index contributed by atoms with van der Waals surface area (Å²) in [5, 5.41) is 3.54. The first kappa shape index (κ1) is 20.7. The molecule has 3 aromatic rings. The van der Waals surface area contributed by atoms with Gasteiger partial charge in [-0.05, 0) is 61.4 Å². The number of carbonyl (C=O) groups is 1. The van der Waals surface area contributed by atoms with Crippen LogP contribution in [0.25, 0.3) is 0 Å². The van der Waals surface area contributed by atoms with Crippen molar-refractivity contribution in [1.29, 1.82) is 0 Å². The molecule has 0 fully saturated rings. The topological polar surface area (TPSA) is 47.6 Å². The monoisotopic (exact) mass is 409 g/mol. The molecule has 0 saturated heterocycles. The lowest BCUT2D eigenvalue weighted by Crippen LogP contribution is -2.28. The lowest BCUT2D eigenvalue weighted by atomic mass is 10.1. The molecule has 150 valence electrons. The van der Waals surface area contributed by atoms with Gasteiger partial charge in [-0.3, -0.25) is 4.79 Å². The average Bonchev–Trinajstić information content (AvgIpc) is 2.73. The molecule has 0 bridgehead atoms. The molecule has 0 unspecified atom stereocenters. The molecular formula is C24H24ClNO3. The minimum atomic E-state index is -0.146. The van der Waals surface area contributed by atoms with Crippen LogP contribution in [0.4, 0.5) is 0 Å². The van der Waals surface area contributed by atoms with Crippen LogP contribution in [0.5, 0.6) is 11.5 Å². The summed E-state index contributed by atoms with van der Waals surface area (Å²) in [4.78, 5) is 12.3. The minimum Gasteiger partial charge on any atom is -0.491 e. The lowest BCUT2D eigenvalue weighted by molar-refractivity contribution is 0.0947. The van der Waals surface area contributed by atoms with Gasteiger partial charge >= 0.3 is 0 Å². The first-order valence-corrected chi connectivity index (χ1v) is 9.86. The Hall–Kier alpha value is -2.98. The summed E-state index contributed by atoms with van der Waals surface area (Å²) in [6.07, 6.45) is 0. The summed E-state index contributed by atoms with van der Waals surface area (Å²) in [5.41, 5.74) is 3.79. The van der Waals surface area contributed by atoms with Gasteiger partial charge in [-0.1, -0.05) is 41.9 Å². The summed E-state index contributed by atoms with van der Waals surface area (Å²) in [6.45, 7) is 5.29. The van der Waals surface area contributed by atoms with Gasteiger partial charge in [0.1, 0.15) is 24.7 Å². The number of rotatable bonds is 8. The van der Waals surface area contributed by atoms with Crippen molar-refractivity contribution in [2.24, 2.45) is 0 Å². The maximum Gasteiger partial charge on any atom is 0.251 e. The molecule has 29 heavy (non-hydrogen) atoms. The molecule has 0 atom stereocenters. The van der Waals surface area contributed by atoms with Crippen molar-refractivity contribution < 1.29 is 14.3 Å². The molecule has 0 heterocycles. The highest BCUT2D eigenvalue weighted by Crippen LogP contribution is 2.20. The maximum atomic E-state index is 12.3. The van der Waals surface area contributed by atoms with Crippen molar-refractivity contribution in [2.75, 3.05) is 13.2 Å². The SMILES string of the molecule is Cc1cccc(OCCNC(=O)c2ccc(OCc3ccccc3Cl)cc2)c1C. The molecule has 3 rings (SSSR count). The van der Waals surface area contributed by atoms with Gasteiger partial charge in [-0.15, -0.1) is 0 Å². The van der Waals surface area contributed by atoms with Gasteiger partial charge in [-0.2, -0.15) is 0 Å². The van der Waals surface area contributed by atoms with E-state index < -0.39 is 0 Å². The fourth-order valence-corrected chi connectivity index (χ4v) is 2.98. The molecule has 0 radical (unpaired) electrons. The Kier molecular flexibility index (Phi) is 7.14. The summed E-state index contributed by atoms with van der Waals surface area (Å²) in [7, 11) is 0. The van der Waals surface area contributed by atoms with Crippen LogP contribution in [-0.4, -0.2) is 19.1 Å². The van der Waals surface area contributed by atoms with Gasteiger partial charge in [0, 0.05) is 16.1 Å². The van der Waals surface area contributed by atoms with E-state index >= 15 is 0 Å². The highest BCUT2D eigenvalue weighted by atomic mass is 35.5. The number of benzene rings is 3. The van der Waals surface area contributed by atoms with Gasteiger partial charge in [-0.25, -0.2) is 0 Å². The Bertz CT molecular complexity index is 970. The summed E-state index contributed by atoms with van der Waals surface area (Å²) in [6, 6.07) is 20.5. The fourth-order valence-electron chi connectivity index (χ4n) is 2.79. The van der Waals surface area contributed by atoms with E-state index in [-0.39, 0.29) is 5.91 Å². The zero-order chi connectivity index (χ0) is 20.6. The van der Waals surface area contributed by atoms with Gasteiger partial charge in [0.15, 0.2) is 0 Å². The van der Waals surface area contributed by atoms with Crippen LogP contribution in [0.3, 0.4) is 0 Å². The van der Waals surface area contributed by atoms with Crippen molar-refractivity contribution in [3.63, 3.8) is 0 Å². The molecule has 1 amide bonds. The second kappa shape index (κ2) is 9.99. The molecule has 0 aliphatic heterocycles. The van der Waals surface area contributed by atoms with Crippen LogP contribution in [0, 0.1) is 13.8 Å². The van der Waals surface area contributed by atoms with Crippen LogP contribution < -0.4 is 14.8 Å². The number of halogens is 1. The first-order chi connectivity index (χ1) is 14.0. The van der Waals surface area contributed by atoms with Gasteiger partial charge in [0.2, 0.25) is 0 Å². The second-order valence-corrected chi connectivity index (χ2v) is 7.11. The molecule has 0 aliphatic carbocycles. The fraction of sp³-hybridized carbons (Fsp3) is 0.208. The maximum absolute atomic E-state index is 12.3. The van der Waals surface area contributed by atoms with Crippen molar-refractivity contribution in [2.45, 2.75) is 20.5 Å². The summed E-state index contributed by atoms with van der Waals surface area (Å²) in [5.74, 6) is 1.38. The third-order valence-electron chi connectivity index (χ3n) is 4.67. The summed E-state index contributed by atoms with van der Waals surface area (Å²) < 4.78 is 11.5. The van der Waals surface area contributed by atoms with Crippen molar-refractivity contribution in [3.05, 3.63) is 94.0 Å². The molecule has 0 spiro atoms. The Morgan fingerprint density at radius 2 is 1.69 bits per heavy atom. The average molecular weight is 410 g/mol. The van der Waals surface area contributed by atoms with Crippen LogP contribution in [0.2, 0.25) is 5.02 Å². The predicted molar refractivity (Wildman–Crippen MR) is 116 cm³/mol. The second-order valence-electron chi connectivity index (χ2n) is 6.71. The molecule has 3 aromatic carbocycles. The Balaban J connectivity index is 1.45. The molecule has 0 aromatic heterocycles. The lowest BCUT2D eigenvalue weighted by Gasteiger charge is -2.12. The van der Waals surface area contributed by atoms with Crippen LogP contribution >= 0.6 is 11.6 Å². The van der Waals surface area contributed by atoms with Crippen LogP contribution in [0.15, 0.2) is 66.7 Å². The van der Waals surface area contributed by atoms with E-state index in [1.165, 1.54) is 5.56 Å². The van der Waals surface area contributed by atoms with Crippen molar-refractivity contribution in [1.82, 2.24) is 5.32 Å². The van der Waals surface area contributed by atoms with Crippen LogP contribution in [-0.2, 0) is 6.61 Å². The van der Waals surface area contributed by atoms with E-state index in [2.05, 4.69) is 5.32 Å². The number of nitrogens with one attached hydrogen (secondary N) is 1. The normalized spacial score (nSPS) is 10.4. The standard InChI is InChI=1S/C24H24ClNO3/c1-17-6-5-9-23(18(17)2)28-15-14-26-24(27)19-10-12-21(13-11-19)29-16-20-7-3-4-8-22(20)25/h3-13H,14-16H2,1-2H3,(H,26,27). The quantitative estimate of drug-likeness (QED) is 0.510. The zero-order valence-electron chi connectivity index (χ0n) is 16.6. The number of amides is 1. The Morgan fingerprint density at radius 3 is 2.45 bits per heavy atom. The highest BCUT2D eigenvalue weighted by molar-refractivity contribution is 6.31. The summed E-state index contributed by atoms with van der Waals surface area (Å²) >= 11 is 6.13. The van der Waals surface area contributed by atoms with Gasteiger partial charge in [0.25, 0.3) is 5.91 Å². The third-order valence-corrected chi connectivity index (χ3v) is 5.04. The van der Waals surface area contributed by atoms with Crippen LogP contribution in [0.1, 0.15) is 27.0 Å². The van der Waals surface area contributed by atoms with E-state index in [1.54, 1.807) is 24.3 Å². The molecule has 4 nitrogen and oxygen atoms in total. The van der Waals surface area contributed by atoms with E-state index in [0.717, 1.165) is 16.9 Å². The van der Waals surface area contributed by atoms with E-state index in [4.69, 9.17) is 21.1 Å². The number of aryl methyl sites for hydroxylation is 1. The molecule has 1 N–H and O–H groups in total. The predicted octanol–water partition coefficient (Wildman–Crippen LogP) is 5.34. The number of hydrogen-bond acceptors (Lipinski definition) is 3. The minimum absolute atomic E-state index is 0.146. The number of ether oxygens (including phenoxy) is 2. The first-order valence-electron chi connectivity index (χ1n) is 9.48. The van der Waals surface area contributed by atoms with E-state index in [1.807, 2.05) is 56.3 Å². The van der Waals surface area contributed by atoms with Crippen molar-refractivity contribution in [3.8, 4) is 11.5 Å². The molecule has 5 heteroatoms. The molecule has 0 saturated carbocycles. The smallest absolute Gasteiger partial charge is 0.251 e. The number of carbonyl (C=O) groups excluding carboxylic acids is 1. The highest BCUT2D eigenvalue weighted by Gasteiger charge is 2.07. The van der Waals surface area contributed by atoms with Gasteiger partial charge < -0.3 is 14.8 Å². The molecule has 0 aliphatic rings. The Labute approximate surface area is 176 Å². The van der Waals surface area contributed by atoms with Gasteiger partial charge in [0.05, 0.1) is 6.54 Å². The largest absolute Gasteiger partial charge is 0.491 e. The molecular weight excluding hydrogens is 386 g/mol. The van der Waals surface area contributed by atoms with E-state index in [0.29, 0.717) is 36.1 Å². The van der Waals surface area contributed by atoms with Crippen molar-refractivity contribution >= 4 is 17.5 Å².